The molecule has 1 unspecified atom stereocenters. The fourth-order valence-corrected chi connectivity index (χ4v) is 1.81. The summed E-state index contributed by atoms with van der Waals surface area (Å²) in [6.07, 6.45) is 1.07. The zero-order chi connectivity index (χ0) is 15.7. The highest BCUT2D eigenvalue weighted by atomic mass is 16.5. The van der Waals surface area contributed by atoms with E-state index in [4.69, 9.17) is 14.6 Å². The number of ether oxygens (including phenoxy) is 2. The van der Waals surface area contributed by atoms with Gasteiger partial charge in [-0.15, -0.1) is 0 Å². The van der Waals surface area contributed by atoms with Gasteiger partial charge in [-0.3, -0.25) is 4.79 Å². The molecule has 5 heteroatoms. The molecule has 0 aliphatic heterocycles. The van der Waals surface area contributed by atoms with Crippen LogP contribution < -0.4 is 9.47 Å². The fourth-order valence-electron chi connectivity index (χ4n) is 1.81. The lowest BCUT2D eigenvalue weighted by Crippen LogP contribution is -2.05. The van der Waals surface area contributed by atoms with Crippen molar-refractivity contribution in [3.63, 3.8) is 0 Å². The van der Waals surface area contributed by atoms with E-state index in [1.807, 2.05) is 13.8 Å². The Balaban J connectivity index is 2.83. The first-order valence-electron chi connectivity index (χ1n) is 7.37. The third kappa shape index (κ3) is 6.04. The molecule has 0 aliphatic carbocycles. The van der Waals surface area contributed by atoms with Crippen molar-refractivity contribution in [3.8, 4) is 11.5 Å². The van der Waals surface area contributed by atoms with E-state index in [2.05, 4.69) is 0 Å². The zero-order valence-electron chi connectivity index (χ0n) is 12.7. The van der Waals surface area contributed by atoms with Crippen LogP contribution in [0.25, 0.3) is 0 Å². The number of aliphatic hydroxyl groups excluding tert-OH is 1. The van der Waals surface area contributed by atoms with Gasteiger partial charge in [0, 0.05) is 6.42 Å². The normalized spacial score (nSPS) is 12.0. The van der Waals surface area contributed by atoms with E-state index in [9.17, 15) is 9.90 Å². The van der Waals surface area contributed by atoms with Crippen molar-refractivity contribution in [1.82, 2.24) is 0 Å². The standard InChI is InChI=1S/C16H24O5/c1-3-9-20-14-7-5-12(11-15(14)21-10-4-2)13(17)6-8-16(18)19/h5,7,11,13,17H,3-4,6,8-10H2,1-2H3,(H,18,19). The van der Waals surface area contributed by atoms with Gasteiger partial charge in [0.25, 0.3) is 0 Å². The lowest BCUT2D eigenvalue weighted by molar-refractivity contribution is -0.137. The predicted octanol–water partition coefficient (Wildman–Crippen LogP) is 3.16. The number of hydrogen-bond donors (Lipinski definition) is 2. The molecule has 1 aromatic carbocycles. The highest BCUT2D eigenvalue weighted by Gasteiger charge is 2.14. The van der Waals surface area contributed by atoms with Crippen LogP contribution in [0.2, 0.25) is 0 Å². The second kappa shape index (κ2) is 9.23. The topological polar surface area (TPSA) is 76.0 Å². The molecule has 0 amide bonds. The average molecular weight is 296 g/mol. The number of aliphatic carboxylic acids is 1. The van der Waals surface area contributed by atoms with E-state index >= 15 is 0 Å². The molecule has 21 heavy (non-hydrogen) atoms. The molecule has 1 aromatic rings. The summed E-state index contributed by atoms with van der Waals surface area (Å²) < 4.78 is 11.3. The van der Waals surface area contributed by atoms with Gasteiger partial charge in [0.05, 0.1) is 19.3 Å². The Bertz CT molecular complexity index is 444. The van der Waals surface area contributed by atoms with Crippen LogP contribution >= 0.6 is 0 Å². The smallest absolute Gasteiger partial charge is 0.303 e. The van der Waals surface area contributed by atoms with Crippen LogP contribution in [-0.4, -0.2) is 29.4 Å². The van der Waals surface area contributed by atoms with Crippen LogP contribution in [0.4, 0.5) is 0 Å². The van der Waals surface area contributed by atoms with Gasteiger partial charge in [-0.2, -0.15) is 0 Å². The maximum Gasteiger partial charge on any atom is 0.303 e. The molecular formula is C16H24O5. The summed E-state index contributed by atoms with van der Waals surface area (Å²) in [5, 5.41) is 18.7. The number of benzene rings is 1. The summed E-state index contributed by atoms with van der Waals surface area (Å²) in [5.74, 6) is 0.330. The van der Waals surface area contributed by atoms with Gasteiger partial charge in [-0.25, -0.2) is 0 Å². The van der Waals surface area contributed by atoms with E-state index < -0.39 is 12.1 Å². The second-order valence-corrected chi connectivity index (χ2v) is 4.85. The summed E-state index contributed by atoms with van der Waals surface area (Å²) in [6.45, 7) is 5.20. The van der Waals surface area contributed by atoms with E-state index in [0.29, 0.717) is 30.3 Å². The Morgan fingerprint density at radius 2 is 1.76 bits per heavy atom. The second-order valence-electron chi connectivity index (χ2n) is 4.85. The van der Waals surface area contributed by atoms with Gasteiger partial charge < -0.3 is 19.7 Å². The van der Waals surface area contributed by atoms with Crippen LogP contribution in [0.15, 0.2) is 18.2 Å². The summed E-state index contributed by atoms with van der Waals surface area (Å²) in [5.41, 5.74) is 0.645. The Kier molecular flexibility index (Phi) is 7.61. The van der Waals surface area contributed by atoms with Crippen LogP contribution in [0.5, 0.6) is 11.5 Å². The van der Waals surface area contributed by atoms with E-state index in [1.54, 1.807) is 18.2 Å². The van der Waals surface area contributed by atoms with Crippen LogP contribution in [-0.2, 0) is 4.79 Å². The first-order valence-corrected chi connectivity index (χ1v) is 7.37. The van der Waals surface area contributed by atoms with Crippen molar-refractivity contribution < 1.29 is 24.5 Å². The molecule has 0 heterocycles. The van der Waals surface area contributed by atoms with Gasteiger partial charge in [0.2, 0.25) is 0 Å². The van der Waals surface area contributed by atoms with Crippen molar-refractivity contribution >= 4 is 5.97 Å². The minimum Gasteiger partial charge on any atom is -0.490 e. The largest absolute Gasteiger partial charge is 0.490 e. The van der Waals surface area contributed by atoms with Crippen LogP contribution in [0.3, 0.4) is 0 Å². The molecule has 0 saturated carbocycles. The SMILES string of the molecule is CCCOc1ccc(C(O)CCC(=O)O)cc1OCCC. The quantitative estimate of drug-likeness (QED) is 0.693. The van der Waals surface area contributed by atoms with Gasteiger partial charge in [0.1, 0.15) is 0 Å². The molecule has 0 spiro atoms. The van der Waals surface area contributed by atoms with Gasteiger partial charge in [0.15, 0.2) is 11.5 Å². The molecule has 0 fully saturated rings. The third-order valence-electron chi connectivity index (χ3n) is 2.91. The Morgan fingerprint density at radius 1 is 1.14 bits per heavy atom. The van der Waals surface area contributed by atoms with Gasteiger partial charge in [-0.05, 0) is 37.0 Å². The van der Waals surface area contributed by atoms with E-state index in [0.717, 1.165) is 12.8 Å². The molecule has 2 N–H and O–H groups in total. The van der Waals surface area contributed by atoms with Crippen molar-refractivity contribution in [1.29, 1.82) is 0 Å². The molecule has 0 aliphatic rings. The lowest BCUT2D eigenvalue weighted by Gasteiger charge is -2.16. The van der Waals surface area contributed by atoms with E-state index in [-0.39, 0.29) is 12.8 Å². The van der Waals surface area contributed by atoms with Crippen molar-refractivity contribution in [2.75, 3.05) is 13.2 Å². The van der Waals surface area contributed by atoms with Crippen LogP contribution in [0, 0.1) is 0 Å². The monoisotopic (exact) mass is 296 g/mol. The molecule has 1 rings (SSSR count). The number of rotatable bonds is 10. The summed E-state index contributed by atoms with van der Waals surface area (Å²) in [6, 6.07) is 5.24. The van der Waals surface area contributed by atoms with Gasteiger partial charge in [-0.1, -0.05) is 19.9 Å². The van der Waals surface area contributed by atoms with Gasteiger partial charge >= 0.3 is 5.97 Å². The molecule has 118 valence electrons. The van der Waals surface area contributed by atoms with E-state index in [1.165, 1.54) is 0 Å². The highest BCUT2D eigenvalue weighted by molar-refractivity contribution is 5.66. The summed E-state index contributed by atoms with van der Waals surface area (Å²) in [7, 11) is 0. The average Bonchev–Trinajstić information content (AvgIpc) is 2.48. The molecular weight excluding hydrogens is 272 g/mol. The summed E-state index contributed by atoms with van der Waals surface area (Å²) >= 11 is 0. The maximum atomic E-state index is 10.6. The highest BCUT2D eigenvalue weighted by Crippen LogP contribution is 2.32. The van der Waals surface area contributed by atoms with Crippen molar-refractivity contribution in [3.05, 3.63) is 23.8 Å². The number of carbonyl (C=O) groups is 1. The maximum absolute atomic E-state index is 10.6. The fraction of sp³-hybridized carbons (Fsp3) is 0.562. The zero-order valence-corrected chi connectivity index (χ0v) is 12.7. The Morgan fingerprint density at radius 3 is 2.33 bits per heavy atom. The first kappa shape index (κ1) is 17.3. The summed E-state index contributed by atoms with van der Waals surface area (Å²) in [4.78, 5) is 10.6. The third-order valence-corrected chi connectivity index (χ3v) is 2.91. The number of aliphatic hydroxyl groups is 1. The number of carboxylic acids is 1. The Hall–Kier alpha value is -1.75. The lowest BCUT2D eigenvalue weighted by atomic mass is 10.0. The molecule has 0 aromatic heterocycles. The number of carboxylic acid groups (broad SMARTS) is 1. The molecule has 0 radical (unpaired) electrons. The van der Waals surface area contributed by atoms with Crippen LogP contribution in [0.1, 0.15) is 51.2 Å². The van der Waals surface area contributed by atoms with Crippen molar-refractivity contribution in [2.24, 2.45) is 0 Å². The Labute approximate surface area is 125 Å². The van der Waals surface area contributed by atoms with Crippen molar-refractivity contribution in [2.45, 2.75) is 45.6 Å². The molecule has 0 bridgehead atoms. The minimum atomic E-state index is -0.917. The molecule has 5 nitrogen and oxygen atoms in total. The molecule has 1 atom stereocenters. The molecule has 0 saturated heterocycles. The predicted molar refractivity (Wildman–Crippen MR) is 79.8 cm³/mol. The number of hydrogen-bond acceptors (Lipinski definition) is 4. The minimum absolute atomic E-state index is 0.0690. The first-order chi connectivity index (χ1) is 10.1.